The van der Waals surface area contributed by atoms with Gasteiger partial charge in [-0.25, -0.2) is 9.37 Å². The molecule has 7 amide bonds. The van der Waals surface area contributed by atoms with Crippen molar-refractivity contribution in [2.45, 2.75) is 102 Å². The minimum atomic E-state index is -2.02. The molecule has 0 radical (unpaired) electrons. The number of thiazole rings is 1. The Bertz CT molecular complexity index is 3260. The van der Waals surface area contributed by atoms with E-state index in [0.29, 0.717) is 49.7 Å². The van der Waals surface area contributed by atoms with Gasteiger partial charge in [0.2, 0.25) is 17.7 Å². The molecular weight excluding hydrogens is 1160 g/mol. The van der Waals surface area contributed by atoms with E-state index in [1.807, 2.05) is 43.3 Å². The highest BCUT2D eigenvalue weighted by molar-refractivity contribution is 7.13. The first-order chi connectivity index (χ1) is 42.1. The molecule has 5 atom stereocenters. The first kappa shape index (κ1) is 66.1. The van der Waals surface area contributed by atoms with Crippen LogP contribution in [-0.2, 0) is 49.3 Å². The smallest absolute Gasteiger partial charge is 0.273 e. The second kappa shape index (κ2) is 30.4. The predicted molar refractivity (Wildman–Crippen MR) is 320 cm³/mol. The number of phenols is 1. The molecule has 1 saturated heterocycles. The fourth-order valence-electron chi connectivity index (χ4n) is 10.1. The normalized spacial score (nSPS) is 17.3. The van der Waals surface area contributed by atoms with Gasteiger partial charge < -0.3 is 74.8 Å². The number of likely N-dealkylation sites (tertiary alicyclic amines) is 1. The molecule has 474 valence electrons. The lowest BCUT2D eigenvalue weighted by Gasteiger charge is -2.36. The maximum atomic E-state index is 14.7. The maximum absolute atomic E-state index is 14.7. The van der Waals surface area contributed by atoms with Crippen LogP contribution in [0.1, 0.15) is 108 Å². The maximum Gasteiger partial charge on any atom is 0.273 e. The van der Waals surface area contributed by atoms with Gasteiger partial charge in [-0.1, -0.05) is 62.3 Å². The summed E-state index contributed by atoms with van der Waals surface area (Å²) >= 11 is 1.49. The molecule has 3 aromatic carbocycles. The average molecular weight is 1240 g/mol. The highest BCUT2D eigenvalue weighted by atomic mass is 32.1. The van der Waals surface area contributed by atoms with Crippen molar-refractivity contribution in [2.75, 3.05) is 93.2 Å². The number of fused-ring (bicyclic) bond motifs is 1. The van der Waals surface area contributed by atoms with E-state index < -0.39 is 58.9 Å². The number of aryl methyl sites for hydroxylation is 2. The molecular formula is C62H78FN9O15S. The van der Waals surface area contributed by atoms with Crippen LogP contribution in [0.4, 0.5) is 4.39 Å². The molecule has 24 nitrogen and oxygen atoms in total. The second-order valence-electron chi connectivity index (χ2n) is 23.2. The number of nitrogens with one attached hydrogen (secondary N) is 5. The van der Waals surface area contributed by atoms with E-state index in [9.17, 15) is 48.2 Å². The molecule has 1 saturated carbocycles. The van der Waals surface area contributed by atoms with Crippen molar-refractivity contribution < 1.29 is 76.4 Å². The molecule has 7 N–H and O–H groups in total. The van der Waals surface area contributed by atoms with Crippen molar-refractivity contribution in [3.8, 4) is 33.3 Å². The van der Waals surface area contributed by atoms with Crippen molar-refractivity contribution in [3.05, 3.63) is 106 Å². The molecule has 0 bridgehead atoms. The summed E-state index contributed by atoms with van der Waals surface area (Å²) in [6.07, 6.45) is 0.245. The minimum Gasteiger partial charge on any atom is -0.507 e. The van der Waals surface area contributed by atoms with Gasteiger partial charge in [0.05, 0.1) is 99.1 Å². The standard InChI is InChI=1S/C62H78FN9O15S/c1-37-54(88-36-66-37)40-9-7-39(8-10-40)47(68-57(78)49-30-42(73)34-72(49)59(80)55(61(2,3)4)69-60(81)62(63)17-18-62)33-52(75)64-19-21-82-23-25-84-27-28-85-26-24-83-22-20-65-53(76)35-86-43-14-11-38-13-16-46(45(38)31-43)67-56(77)48-32-51(87-70-48)41-12-15-44(50(74)29-41)58(79)71(5)6/h7-12,14-15,29,31-32,36,42,46-47,49,55,73-74H,13,16-28,30,33-35H2,1-6H3,(H,64,75)(H,65,76)(H,67,77)(H,68,78)(H,69,81)/t42-,46-,47?,49+,55?/m1/s1. The van der Waals surface area contributed by atoms with Crippen LogP contribution >= 0.6 is 11.3 Å². The van der Waals surface area contributed by atoms with Crippen LogP contribution in [0.2, 0.25) is 0 Å². The Kier molecular flexibility index (Phi) is 22.8. The fraction of sp³-hybridized carbons (Fsp3) is 0.500. The van der Waals surface area contributed by atoms with E-state index in [1.54, 1.807) is 52.5 Å². The van der Waals surface area contributed by atoms with Crippen molar-refractivity contribution in [2.24, 2.45) is 5.41 Å². The van der Waals surface area contributed by atoms with E-state index in [-0.39, 0.29) is 125 Å². The number of nitrogens with zero attached hydrogens (tertiary/aromatic N) is 4. The van der Waals surface area contributed by atoms with Gasteiger partial charge in [0.15, 0.2) is 23.7 Å². The van der Waals surface area contributed by atoms with Crippen molar-refractivity contribution in [3.63, 3.8) is 0 Å². The van der Waals surface area contributed by atoms with Crippen LogP contribution in [0.5, 0.6) is 11.5 Å². The number of carbonyl (C=O) groups is 7. The Balaban J connectivity index is 0.671. The fourth-order valence-corrected chi connectivity index (χ4v) is 10.9. The predicted octanol–water partition coefficient (Wildman–Crippen LogP) is 4.52. The molecule has 3 aliphatic rings. The summed E-state index contributed by atoms with van der Waals surface area (Å²) in [7, 11) is 3.16. The van der Waals surface area contributed by atoms with Crippen molar-refractivity contribution >= 4 is 52.7 Å². The van der Waals surface area contributed by atoms with E-state index in [0.717, 1.165) is 33.7 Å². The number of hydrogen-bond donors (Lipinski definition) is 7. The number of rotatable bonds is 31. The van der Waals surface area contributed by atoms with Crippen LogP contribution in [0.25, 0.3) is 21.8 Å². The molecule has 1 aliphatic heterocycles. The summed E-state index contributed by atoms with van der Waals surface area (Å²) in [6.45, 7) is 9.33. The number of ether oxygens (including phenoxy) is 5. The van der Waals surface area contributed by atoms with E-state index in [2.05, 4.69) is 36.7 Å². The summed E-state index contributed by atoms with van der Waals surface area (Å²) in [5.74, 6) is -3.13. The SMILES string of the molecule is Cc1ncsc1-c1ccc(C(CC(=O)NCCOCCOCCOCCOCCNC(=O)COc2ccc3c(c2)[C@H](NC(=O)c2cc(-c4ccc(C(=O)N(C)C)c(O)c4)on2)CC3)NC(=O)[C@@H]2C[C@@H](O)CN2C(=O)C(NC(=O)C2(F)CC2)C(C)(C)C)cc1. The average Bonchev–Trinajstić information content (AvgIpc) is 2.53. The van der Waals surface area contributed by atoms with Crippen LogP contribution in [-0.4, -0.2) is 189 Å². The van der Waals surface area contributed by atoms with Gasteiger partial charge in [0, 0.05) is 51.8 Å². The Morgan fingerprint density at radius 1 is 0.841 bits per heavy atom. The van der Waals surface area contributed by atoms with Crippen LogP contribution in [0, 0.1) is 12.3 Å². The summed E-state index contributed by atoms with van der Waals surface area (Å²) in [6, 6.07) is 15.3. The number of aromatic hydroxyl groups is 1. The number of β-amino-alcohol motifs (C(OH)–C–C–N with tert-alkyl or cyclic N) is 1. The summed E-state index contributed by atoms with van der Waals surface area (Å²) in [4.78, 5) is 100. The van der Waals surface area contributed by atoms with Gasteiger partial charge in [-0.3, -0.25) is 33.6 Å². The molecule has 2 fully saturated rings. The molecule has 5 aromatic rings. The molecule has 3 heterocycles. The Hall–Kier alpha value is -7.88. The topological polar surface area (TPSA) is 312 Å². The largest absolute Gasteiger partial charge is 0.507 e. The summed E-state index contributed by atoms with van der Waals surface area (Å²) in [5, 5.41) is 39.2. The number of amides is 7. The lowest BCUT2D eigenvalue weighted by Crippen LogP contribution is -2.59. The zero-order chi connectivity index (χ0) is 63.1. The van der Waals surface area contributed by atoms with Crippen molar-refractivity contribution in [1.82, 2.24) is 46.5 Å². The van der Waals surface area contributed by atoms with Gasteiger partial charge in [-0.2, -0.15) is 0 Å². The van der Waals surface area contributed by atoms with Gasteiger partial charge >= 0.3 is 0 Å². The number of aliphatic hydroxyl groups excluding tert-OH is 1. The highest BCUT2D eigenvalue weighted by Crippen LogP contribution is 2.41. The number of hydrogen-bond acceptors (Lipinski definition) is 18. The number of phenolic OH excluding ortho intramolecular Hbond substituents is 1. The van der Waals surface area contributed by atoms with E-state index >= 15 is 0 Å². The second-order valence-corrected chi connectivity index (χ2v) is 24.0. The lowest BCUT2D eigenvalue weighted by molar-refractivity contribution is -0.145. The zero-order valence-electron chi connectivity index (χ0n) is 50.3. The molecule has 0 spiro atoms. The van der Waals surface area contributed by atoms with Gasteiger partial charge in [-0.05, 0) is 84.5 Å². The molecule has 8 rings (SSSR count). The van der Waals surface area contributed by atoms with Crippen LogP contribution in [0.15, 0.2) is 76.8 Å². The third-order valence-corrected chi connectivity index (χ3v) is 16.1. The number of carbonyl (C=O) groups excluding carboxylic acids is 7. The van der Waals surface area contributed by atoms with E-state index in [1.165, 1.54) is 39.3 Å². The number of alkyl halides is 1. The monoisotopic (exact) mass is 1240 g/mol. The number of aromatic nitrogens is 2. The Morgan fingerprint density at radius 3 is 2.10 bits per heavy atom. The quantitative estimate of drug-likeness (QED) is 0.0300. The van der Waals surface area contributed by atoms with Crippen LogP contribution < -0.4 is 31.3 Å². The summed E-state index contributed by atoms with van der Waals surface area (Å²) < 4.78 is 48.3. The van der Waals surface area contributed by atoms with Gasteiger partial charge in [0.25, 0.3) is 23.6 Å². The highest BCUT2D eigenvalue weighted by Gasteiger charge is 2.53. The molecule has 2 aromatic heterocycles. The van der Waals surface area contributed by atoms with Crippen molar-refractivity contribution in [1.29, 1.82) is 0 Å². The van der Waals surface area contributed by atoms with Crippen LogP contribution in [0.3, 0.4) is 0 Å². The first-order valence-corrected chi connectivity index (χ1v) is 30.2. The number of aliphatic hydroxyl groups is 1. The van der Waals surface area contributed by atoms with Gasteiger partial charge in [-0.15, -0.1) is 11.3 Å². The molecule has 2 aliphatic carbocycles. The molecule has 88 heavy (non-hydrogen) atoms. The molecule has 2 unspecified atom stereocenters. The summed E-state index contributed by atoms with van der Waals surface area (Å²) in [5.41, 5.74) is 3.80. The first-order valence-electron chi connectivity index (χ1n) is 29.3. The Labute approximate surface area is 513 Å². The van der Waals surface area contributed by atoms with Gasteiger partial charge in [0.1, 0.15) is 23.6 Å². The number of benzene rings is 3. The third-order valence-electron chi connectivity index (χ3n) is 15.2. The minimum absolute atomic E-state index is 0.0435. The zero-order valence-corrected chi connectivity index (χ0v) is 51.1. The lowest BCUT2D eigenvalue weighted by atomic mass is 9.85. The molecule has 26 heteroatoms. The Morgan fingerprint density at radius 2 is 1.49 bits per heavy atom. The number of halogens is 1. The van der Waals surface area contributed by atoms with E-state index in [4.69, 9.17) is 28.2 Å². The third kappa shape index (κ3) is 17.9.